The summed E-state index contributed by atoms with van der Waals surface area (Å²) < 4.78 is 0.467. The summed E-state index contributed by atoms with van der Waals surface area (Å²) in [5.74, 6) is -1.38. The van der Waals surface area contributed by atoms with Gasteiger partial charge in [0.1, 0.15) is 5.75 Å². The van der Waals surface area contributed by atoms with Gasteiger partial charge in [-0.05, 0) is 34.0 Å². The minimum absolute atomic E-state index is 0.0715. The van der Waals surface area contributed by atoms with E-state index in [1.807, 2.05) is 0 Å². The average Bonchev–Trinajstić information content (AvgIpc) is 2.13. The van der Waals surface area contributed by atoms with Crippen molar-refractivity contribution in [1.82, 2.24) is 0 Å². The maximum atomic E-state index is 10.9. The summed E-state index contributed by atoms with van der Waals surface area (Å²) in [4.78, 5) is 10.9. The van der Waals surface area contributed by atoms with Crippen LogP contribution in [0.4, 0.5) is 0 Å². The molecule has 3 nitrogen and oxygen atoms in total. The van der Waals surface area contributed by atoms with E-state index in [1.54, 1.807) is 19.1 Å². The first-order chi connectivity index (χ1) is 6.57. The minimum Gasteiger partial charge on any atom is -0.507 e. The lowest BCUT2D eigenvalue weighted by atomic mass is 9.96. The maximum absolute atomic E-state index is 10.9. The molecule has 0 heterocycles. The number of phenols is 1. The molecular formula is C10H11BrO3. The molecule has 1 rings (SSSR count). The minimum atomic E-state index is -0.876. The number of carbonyl (C=O) groups is 1. The SMILES string of the molecule is CCC(C(=O)O)c1cccc(O)c1Br. The first-order valence-electron chi connectivity index (χ1n) is 4.28. The van der Waals surface area contributed by atoms with Crippen LogP contribution in [0.25, 0.3) is 0 Å². The zero-order valence-electron chi connectivity index (χ0n) is 7.70. The number of phenolic OH excluding ortho intramolecular Hbond substituents is 1. The summed E-state index contributed by atoms with van der Waals surface area (Å²) in [5, 5.41) is 18.3. The van der Waals surface area contributed by atoms with Crippen molar-refractivity contribution in [2.24, 2.45) is 0 Å². The molecule has 1 aromatic carbocycles. The van der Waals surface area contributed by atoms with Crippen LogP contribution in [-0.2, 0) is 4.79 Å². The second-order valence-corrected chi connectivity index (χ2v) is 3.77. The Morgan fingerprint density at radius 3 is 2.71 bits per heavy atom. The van der Waals surface area contributed by atoms with E-state index in [0.29, 0.717) is 16.5 Å². The van der Waals surface area contributed by atoms with Crippen molar-refractivity contribution in [1.29, 1.82) is 0 Å². The predicted octanol–water partition coefficient (Wildman–Crippen LogP) is 2.73. The van der Waals surface area contributed by atoms with E-state index in [-0.39, 0.29) is 5.75 Å². The van der Waals surface area contributed by atoms with Gasteiger partial charge >= 0.3 is 5.97 Å². The molecular weight excluding hydrogens is 248 g/mol. The molecule has 0 radical (unpaired) electrons. The number of carboxylic acids is 1. The Balaban J connectivity index is 3.16. The topological polar surface area (TPSA) is 57.5 Å². The van der Waals surface area contributed by atoms with E-state index >= 15 is 0 Å². The van der Waals surface area contributed by atoms with Crippen LogP contribution in [0, 0.1) is 0 Å². The molecule has 76 valence electrons. The van der Waals surface area contributed by atoms with Gasteiger partial charge in [0, 0.05) is 0 Å². The van der Waals surface area contributed by atoms with Gasteiger partial charge in [-0.15, -0.1) is 0 Å². The van der Waals surface area contributed by atoms with Crippen LogP contribution >= 0.6 is 15.9 Å². The fraction of sp³-hybridized carbons (Fsp3) is 0.300. The molecule has 0 fully saturated rings. The second-order valence-electron chi connectivity index (χ2n) is 2.98. The molecule has 0 aliphatic rings. The van der Waals surface area contributed by atoms with Crippen molar-refractivity contribution >= 4 is 21.9 Å². The highest BCUT2D eigenvalue weighted by atomic mass is 79.9. The number of hydrogen-bond donors (Lipinski definition) is 2. The zero-order chi connectivity index (χ0) is 10.7. The molecule has 0 bridgehead atoms. The number of rotatable bonds is 3. The lowest BCUT2D eigenvalue weighted by Gasteiger charge is -2.12. The molecule has 1 atom stereocenters. The number of benzene rings is 1. The summed E-state index contributed by atoms with van der Waals surface area (Å²) >= 11 is 3.18. The van der Waals surface area contributed by atoms with Gasteiger partial charge in [-0.25, -0.2) is 0 Å². The Bertz CT molecular complexity index is 349. The zero-order valence-corrected chi connectivity index (χ0v) is 9.28. The van der Waals surface area contributed by atoms with Crippen LogP contribution < -0.4 is 0 Å². The van der Waals surface area contributed by atoms with Crippen molar-refractivity contribution in [3.8, 4) is 5.75 Å². The van der Waals surface area contributed by atoms with Gasteiger partial charge in [0.2, 0.25) is 0 Å². The summed E-state index contributed by atoms with van der Waals surface area (Å²) in [5.41, 5.74) is 0.611. The Hall–Kier alpha value is -1.03. The van der Waals surface area contributed by atoms with Crippen molar-refractivity contribution in [3.63, 3.8) is 0 Å². The van der Waals surface area contributed by atoms with E-state index < -0.39 is 11.9 Å². The van der Waals surface area contributed by atoms with E-state index in [9.17, 15) is 9.90 Å². The molecule has 2 N–H and O–H groups in total. The van der Waals surface area contributed by atoms with E-state index in [4.69, 9.17) is 5.11 Å². The Labute approximate surface area is 90.5 Å². The molecule has 0 saturated heterocycles. The molecule has 4 heteroatoms. The standard InChI is InChI=1S/C10H11BrO3/c1-2-6(10(13)14)7-4-3-5-8(12)9(7)11/h3-6,12H,2H2,1H3,(H,13,14). The Kier molecular flexibility index (Phi) is 3.52. The third-order valence-electron chi connectivity index (χ3n) is 2.09. The highest BCUT2D eigenvalue weighted by molar-refractivity contribution is 9.10. The number of halogens is 1. The largest absolute Gasteiger partial charge is 0.507 e. The number of aliphatic carboxylic acids is 1. The summed E-state index contributed by atoms with van der Waals surface area (Å²) in [6.45, 7) is 1.80. The fourth-order valence-electron chi connectivity index (χ4n) is 1.33. The van der Waals surface area contributed by atoms with Crippen molar-refractivity contribution in [3.05, 3.63) is 28.2 Å². The first kappa shape index (κ1) is 11.0. The van der Waals surface area contributed by atoms with Crippen LogP contribution in [-0.4, -0.2) is 16.2 Å². The van der Waals surface area contributed by atoms with Crippen molar-refractivity contribution in [2.45, 2.75) is 19.3 Å². The monoisotopic (exact) mass is 258 g/mol. The highest BCUT2D eigenvalue weighted by Crippen LogP contribution is 2.33. The van der Waals surface area contributed by atoms with E-state index in [2.05, 4.69) is 15.9 Å². The predicted molar refractivity (Wildman–Crippen MR) is 56.5 cm³/mol. The van der Waals surface area contributed by atoms with Gasteiger partial charge in [0.15, 0.2) is 0 Å². The van der Waals surface area contributed by atoms with Crippen LogP contribution in [0.15, 0.2) is 22.7 Å². The molecule has 0 aliphatic carbocycles. The van der Waals surface area contributed by atoms with Crippen LogP contribution in [0.2, 0.25) is 0 Å². The normalized spacial score (nSPS) is 12.4. The lowest BCUT2D eigenvalue weighted by molar-refractivity contribution is -0.138. The molecule has 1 unspecified atom stereocenters. The van der Waals surface area contributed by atoms with E-state index in [1.165, 1.54) is 6.07 Å². The first-order valence-corrected chi connectivity index (χ1v) is 5.07. The van der Waals surface area contributed by atoms with Gasteiger partial charge in [-0.2, -0.15) is 0 Å². The van der Waals surface area contributed by atoms with Crippen molar-refractivity contribution < 1.29 is 15.0 Å². The summed E-state index contributed by atoms with van der Waals surface area (Å²) in [6.07, 6.45) is 0.497. The number of carboxylic acid groups (broad SMARTS) is 1. The summed E-state index contributed by atoms with van der Waals surface area (Å²) in [7, 11) is 0. The molecule has 14 heavy (non-hydrogen) atoms. The van der Waals surface area contributed by atoms with E-state index in [0.717, 1.165) is 0 Å². The van der Waals surface area contributed by atoms with Crippen LogP contribution in [0.1, 0.15) is 24.8 Å². The van der Waals surface area contributed by atoms with Gasteiger partial charge in [0.25, 0.3) is 0 Å². The summed E-state index contributed by atoms with van der Waals surface area (Å²) in [6, 6.07) is 4.86. The fourth-order valence-corrected chi connectivity index (χ4v) is 1.87. The van der Waals surface area contributed by atoms with Gasteiger partial charge < -0.3 is 10.2 Å². The van der Waals surface area contributed by atoms with Crippen molar-refractivity contribution in [2.75, 3.05) is 0 Å². The molecule has 0 spiro atoms. The number of hydrogen-bond acceptors (Lipinski definition) is 2. The molecule has 0 saturated carbocycles. The Morgan fingerprint density at radius 2 is 2.21 bits per heavy atom. The smallest absolute Gasteiger partial charge is 0.311 e. The number of aromatic hydroxyl groups is 1. The molecule has 0 aromatic heterocycles. The molecule has 0 amide bonds. The highest BCUT2D eigenvalue weighted by Gasteiger charge is 2.20. The van der Waals surface area contributed by atoms with Gasteiger partial charge in [-0.1, -0.05) is 19.1 Å². The van der Waals surface area contributed by atoms with Crippen LogP contribution in [0.5, 0.6) is 5.75 Å². The Morgan fingerprint density at radius 1 is 1.57 bits per heavy atom. The van der Waals surface area contributed by atoms with Gasteiger partial charge in [0.05, 0.1) is 10.4 Å². The maximum Gasteiger partial charge on any atom is 0.311 e. The second kappa shape index (κ2) is 4.46. The third-order valence-corrected chi connectivity index (χ3v) is 2.95. The molecule has 1 aromatic rings. The van der Waals surface area contributed by atoms with Crippen LogP contribution in [0.3, 0.4) is 0 Å². The molecule has 0 aliphatic heterocycles. The quantitative estimate of drug-likeness (QED) is 0.877. The van der Waals surface area contributed by atoms with Gasteiger partial charge in [-0.3, -0.25) is 4.79 Å². The average molecular weight is 259 g/mol. The third kappa shape index (κ3) is 2.07. The lowest BCUT2D eigenvalue weighted by Crippen LogP contribution is -2.10.